The number of urea groups is 1. The van der Waals surface area contributed by atoms with Gasteiger partial charge in [0.25, 0.3) is 0 Å². The Balaban J connectivity index is 1.69. The molecule has 34 heavy (non-hydrogen) atoms. The van der Waals surface area contributed by atoms with Crippen LogP contribution in [0.2, 0.25) is 0 Å². The monoisotopic (exact) mass is 473 g/mol. The molecule has 0 radical (unpaired) electrons. The fourth-order valence-corrected chi connectivity index (χ4v) is 2.99. The number of para-hydroxylation sites is 1. The second-order valence-corrected chi connectivity index (χ2v) is 7.05. The molecule has 0 aliphatic carbocycles. The predicted octanol–water partition coefficient (Wildman–Crippen LogP) is 5.32. The molecule has 4 N–H and O–H groups in total. The van der Waals surface area contributed by atoms with Crippen molar-refractivity contribution in [1.82, 2.24) is 5.32 Å². The lowest BCUT2D eigenvalue weighted by Gasteiger charge is -2.16. The number of nitrogens with one attached hydrogen (secondary N) is 2. The molecule has 3 amide bonds. The number of hydrogen-bond donors (Lipinski definition) is 3. The summed E-state index contributed by atoms with van der Waals surface area (Å²) in [6.45, 7) is 1.93. The number of amides is 3. The van der Waals surface area contributed by atoms with E-state index in [1.165, 1.54) is 12.1 Å². The lowest BCUT2D eigenvalue weighted by atomic mass is 10.1. The topological polar surface area (TPSA) is 103 Å². The highest BCUT2D eigenvalue weighted by atomic mass is 19.4. The van der Waals surface area contributed by atoms with Gasteiger partial charge in [-0.3, -0.25) is 4.79 Å². The van der Waals surface area contributed by atoms with Gasteiger partial charge in [-0.1, -0.05) is 18.2 Å². The average Bonchev–Trinajstić information content (AvgIpc) is 2.79. The van der Waals surface area contributed by atoms with Crippen molar-refractivity contribution in [2.45, 2.75) is 19.6 Å². The molecule has 0 heterocycles. The lowest BCUT2D eigenvalue weighted by molar-refractivity contribution is -0.137. The second kappa shape index (κ2) is 10.6. The van der Waals surface area contributed by atoms with E-state index in [4.69, 9.17) is 15.2 Å². The summed E-state index contributed by atoms with van der Waals surface area (Å²) in [5, 5.41) is 5.00. The number of primary amides is 1. The first-order valence-corrected chi connectivity index (χ1v) is 10.2. The van der Waals surface area contributed by atoms with Gasteiger partial charge in [0.1, 0.15) is 17.2 Å². The highest BCUT2D eigenvalue weighted by Gasteiger charge is 2.31. The maximum Gasteiger partial charge on any atom is 0.416 e. The maximum absolute atomic E-state index is 13.1. The average molecular weight is 473 g/mol. The smallest absolute Gasteiger partial charge is 0.416 e. The summed E-state index contributed by atoms with van der Waals surface area (Å²) in [5.74, 6) is 0.458. The van der Waals surface area contributed by atoms with E-state index in [2.05, 4.69) is 10.6 Å². The highest BCUT2D eigenvalue weighted by molar-refractivity contribution is 5.93. The zero-order valence-corrected chi connectivity index (χ0v) is 18.1. The lowest BCUT2D eigenvalue weighted by Crippen LogP contribution is -2.28. The third-order valence-electron chi connectivity index (χ3n) is 4.63. The van der Waals surface area contributed by atoms with Crippen LogP contribution in [0.5, 0.6) is 17.2 Å². The molecule has 178 valence electrons. The normalized spacial score (nSPS) is 10.9. The van der Waals surface area contributed by atoms with Crippen molar-refractivity contribution in [3.8, 4) is 17.2 Å². The fourth-order valence-electron chi connectivity index (χ4n) is 2.99. The molecule has 0 saturated carbocycles. The molecular weight excluding hydrogens is 451 g/mol. The maximum atomic E-state index is 13.1. The number of alkyl halides is 3. The van der Waals surface area contributed by atoms with Gasteiger partial charge in [-0.2, -0.15) is 13.2 Å². The Morgan fingerprint density at radius 2 is 1.68 bits per heavy atom. The summed E-state index contributed by atoms with van der Waals surface area (Å²) in [7, 11) is 0. The Morgan fingerprint density at radius 1 is 0.971 bits per heavy atom. The van der Waals surface area contributed by atoms with Crippen molar-refractivity contribution in [3.63, 3.8) is 0 Å². The SMILES string of the molecule is CCOc1ccc(C(F)(F)F)cc1NC(=O)NCc1ccccc1Oc1ccc(C(N)=O)cc1. The van der Waals surface area contributed by atoms with E-state index in [9.17, 15) is 22.8 Å². The molecule has 3 rings (SSSR count). The summed E-state index contributed by atoms with van der Waals surface area (Å²) < 4.78 is 50.4. The quantitative estimate of drug-likeness (QED) is 0.412. The zero-order chi connectivity index (χ0) is 24.7. The molecule has 0 spiro atoms. The molecule has 0 atom stereocenters. The summed E-state index contributed by atoms with van der Waals surface area (Å²) in [6, 6.07) is 15.3. The Labute approximate surface area is 193 Å². The molecular formula is C24H22F3N3O4. The Morgan fingerprint density at radius 3 is 2.32 bits per heavy atom. The Hall–Kier alpha value is -4.21. The van der Waals surface area contributed by atoms with Crippen molar-refractivity contribution in [2.75, 3.05) is 11.9 Å². The van der Waals surface area contributed by atoms with Gasteiger partial charge < -0.3 is 25.8 Å². The van der Waals surface area contributed by atoms with Crippen molar-refractivity contribution < 1.29 is 32.2 Å². The zero-order valence-electron chi connectivity index (χ0n) is 18.1. The number of rotatable bonds is 8. The molecule has 10 heteroatoms. The van der Waals surface area contributed by atoms with Crippen molar-refractivity contribution >= 4 is 17.6 Å². The van der Waals surface area contributed by atoms with E-state index in [0.717, 1.165) is 18.2 Å². The molecule has 0 aliphatic heterocycles. The van der Waals surface area contributed by atoms with Crippen molar-refractivity contribution in [2.24, 2.45) is 5.73 Å². The molecule has 0 unspecified atom stereocenters. The van der Waals surface area contributed by atoms with Crippen LogP contribution in [0, 0.1) is 0 Å². The van der Waals surface area contributed by atoms with Crippen LogP contribution in [-0.4, -0.2) is 18.5 Å². The van der Waals surface area contributed by atoms with Crippen molar-refractivity contribution in [1.29, 1.82) is 0 Å². The molecule has 0 aromatic heterocycles. The first-order chi connectivity index (χ1) is 16.2. The largest absolute Gasteiger partial charge is 0.492 e. The van der Waals surface area contributed by atoms with Crippen LogP contribution < -0.4 is 25.8 Å². The van der Waals surface area contributed by atoms with E-state index >= 15 is 0 Å². The molecule has 0 saturated heterocycles. The summed E-state index contributed by atoms with van der Waals surface area (Å²) >= 11 is 0. The van der Waals surface area contributed by atoms with Crippen LogP contribution in [0.1, 0.15) is 28.4 Å². The van der Waals surface area contributed by atoms with Crippen LogP contribution in [0.4, 0.5) is 23.7 Å². The molecule has 3 aromatic carbocycles. The van der Waals surface area contributed by atoms with E-state index in [0.29, 0.717) is 22.6 Å². The first-order valence-electron chi connectivity index (χ1n) is 10.2. The minimum atomic E-state index is -4.57. The van der Waals surface area contributed by atoms with Gasteiger partial charge in [-0.15, -0.1) is 0 Å². The van der Waals surface area contributed by atoms with E-state index in [-0.39, 0.29) is 24.6 Å². The third-order valence-corrected chi connectivity index (χ3v) is 4.63. The second-order valence-electron chi connectivity index (χ2n) is 7.05. The van der Waals surface area contributed by atoms with Gasteiger partial charge in [0.05, 0.1) is 17.9 Å². The van der Waals surface area contributed by atoms with Crippen LogP contribution in [-0.2, 0) is 12.7 Å². The van der Waals surface area contributed by atoms with E-state index < -0.39 is 23.7 Å². The van der Waals surface area contributed by atoms with Crippen molar-refractivity contribution in [3.05, 3.63) is 83.4 Å². The number of nitrogens with two attached hydrogens (primary N) is 1. The number of carbonyl (C=O) groups is 2. The van der Waals surface area contributed by atoms with Crippen LogP contribution in [0.3, 0.4) is 0 Å². The predicted molar refractivity (Wildman–Crippen MR) is 120 cm³/mol. The first kappa shape index (κ1) is 24.4. The standard InChI is InChI=1S/C24H22F3N3O4/c1-2-33-21-12-9-17(24(25,26)27)13-19(21)30-23(32)29-14-16-5-3-4-6-20(16)34-18-10-7-15(8-11-18)22(28)31/h3-13H,2,14H2,1H3,(H2,28,31)(H2,29,30,32). The van der Waals surface area contributed by atoms with Gasteiger partial charge >= 0.3 is 12.2 Å². The molecule has 3 aromatic rings. The molecule has 0 bridgehead atoms. The van der Waals surface area contributed by atoms with Gasteiger partial charge in [0, 0.05) is 17.7 Å². The molecule has 7 nitrogen and oxygen atoms in total. The van der Waals surface area contributed by atoms with Gasteiger partial charge in [0.15, 0.2) is 0 Å². The summed E-state index contributed by atoms with van der Waals surface area (Å²) in [4.78, 5) is 23.6. The van der Waals surface area contributed by atoms with Crippen LogP contribution in [0.15, 0.2) is 66.7 Å². The van der Waals surface area contributed by atoms with Gasteiger partial charge in [0.2, 0.25) is 5.91 Å². The molecule has 0 fully saturated rings. The number of halogens is 3. The number of anilines is 1. The number of ether oxygens (including phenoxy) is 2. The number of carbonyl (C=O) groups excluding carboxylic acids is 2. The Kier molecular flexibility index (Phi) is 7.62. The minimum absolute atomic E-state index is 0.0320. The minimum Gasteiger partial charge on any atom is -0.492 e. The number of benzene rings is 3. The van der Waals surface area contributed by atoms with Crippen LogP contribution in [0.25, 0.3) is 0 Å². The highest BCUT2D eigenvalue weighted by Crippen LogP contribution is 2.35. The van der Waals surface area contributed by atoms with E-state index in [1.807, 2.05) is 0 Å². The molecule has 0 aliphatic rings. The van der Waals surface area contributed by atoms with Gasteiger partial charge in [-0.25, -0.2) is 4.79 Å². The van der Waals surface area contributed by atoms with Gasteiger partial charge in [-0.05, 0) is 55.5 Å². The summed E-state index contributed by atoms with van der Waals surface area (Å²) in [6.07, 6.45) is -4.57. The summed E-state index contributed by atoms with van der Waals surface area (Å²) in [5.41, 5.74) is 5.17. The van der Waals surface area contributed by atoms with Crippen LogP contribution >= 0.6 is 0 Å². The number of hydrogen-bond acceptors (Lipinski definition) is 4. The third kappa shape index (κ3) is 6.41. The van der Waals surface area contributed by atoms with E-state index in [1.54, 1.807) is 43.3 Å². The fraction of sp³-hybridized carbons (Fsp3) is 0.167. The Bertz CT molecular complexity index is 1160.